The molecule has 0 aromatic carbocycles. The van der Waals surface area contributed by atoms with Gasteiger partial charge in [-0.2, -0.15) is 0 Å². The Morgan fingerprint density at radius 1 is 1.29 bits per heavy atom. The molecule has 3 heteroatoms. The molecule has 1 saturated heterocycles. The molecule has 1 aliphatic heterocycles. The van der Waals surface area contributed by atoms with Gasteiger partial charge in [-0.05, 0) is 44.9 Å². The van der Waals surface area contributed by atoms with Crippen molar-refractivity contribution in [2.24, 2.45) is 11.7 Å². The van der Waals surface area contributed by atoms with Gasteiger partial charge in [0, 0.05) is 24.5 Å². The third kappa shape index (κ3) is 3.01. The topological polar surface area (TPSA) is 46.3 Å². The Kier molecular flexibility index (Phi) is 4.43. The van der Waals surface area contributed by atoms with Crippen LogP contribution in [0.25, 0.3) is 0 Å². The first-order valence-corrected chi connectivity index (χ1v) is 7.28. The van der Waals surface area contributed by atoms with E-state index in [1.54, 1.807) is 0 Å². The average Bonchev–Trinajstić information content (AvgIpc) is 2.76. The Balaban J connectivity index is 1.95. The van der Waals surface area contributed by atoms with Crippen molar-refractivity contribution in [1.29, 1.82) is 0 Å². The van der Waals surface area contributed by atoms with Crippen LogP contribution in [0.1, 0.15) is 58.3 Å². The lowest BCUT2D eigenvalue weighted by atomic mass is 9.95. The first-order valence-electron chi connectivity index (χ1n) is 7.28. The number of nitrogens with two attached hydrogens (primary N) is 1. The van der Waals surface area contributed by atoms with E-state index in [1.165, 1.54) is 32.1 Å². The summed E-state index contributed by atoms with van der Waals surface area (Å²) in [5, 5.41) is 0. The van der Waals surface area contributed by atoms with Gasteiger partial charge >= 0.3 is 0 Å². The number of carbonyl (C=O) groups excluding carboxylic acids is 1. The normalized spacial score (nSPS) is 34.0. The summed E-state index contributed by atoms with van der Waals surface area (Å²) in [4.78, 5) is 14.7. The third-order valence-corrected chi connectivity index (χ3v) is 4.35. The highest BCUT2D eigenvalue weighted by Gasteiger charge is 2.34. The van der Waals surface area contributed by atoms with Crippen molar-refractivity contribution < 1.29 is 4.79 Å². The van der Waals surface area contributed by atoms with Crippen molar-refractivity contribution in [2.45, 2.75) is 70.4 Å². The van der Waals surface area contributed by atoms with Gasteiger partial charge in [-0.1, -0.05) is 13.3 Å². The van der Waals surface area contributed by atoms with Gasteiger partial charge in [0.25, 0.3) is 0 Å². The maximum atomic E-state index is 12.5. The Morgan fingerprint density at radius 2 is 2.12 bits per heavy atom. The highest BCUT2D eigenvalue weighted by atomic mass is 16.2. The summed E-state index contributed by atoms with van der Waals surface area (Å²) < 4.78 is 0. The lowest BCUT2D eigenvalue weighted by molar-refractivity contribution is -0.139. The lowest BCUT2D eigenvalue weighted by Gasteiger charge is -2.37. The van der Waals surface area contributed by atoms with Crippen molar-refractivity contribution >= 4 is 5.91 Å². The highest BCUT2D eigenvalue weighted by Crippen LogP contribution is 2.29. The molecule has 1 heterocycles. The number of nitrogens with zero attached hydrogens (tertiary/aromatic N) is 1. The van der Waals surface area contributed by atoms with E-state index in [2.05, 4.69) is 11.8 Å². The maximum absolute atomic E-state index is 12.5. The van der Waals surface area contributed by atoms with Crippen LogP contribution < -0.4 is 5.73 Å². The molecule has 98 valence electrons. The van der Waals surface area contributed by atoms with E-state index in [-0.39, 0.29) is 12.0 Å². The van der Waals surface area contributed by atoms with Gasteiger partial charge in [-0.15, -0.1) is 0 Å². The van der Waals surface area contributed by atoms with Gasteiger partial charge < -0.3 is 10.6 Å². The molecule has 3 atom stereocenters. The summed E-state index contributed by atoms with van der Waals surface area (Å²) in [5.41, 5.74) is 5.92. The van der Waals surface area contributed by atoms with E-state index in [9.17, 15) is 4.79 Å². The summed E-state index contributed by atoms with van der Waals surface area (Å²) >= 11 is 0. The van der Waals surface area contributed by atoms with Crippen LogP contribution in [0, 0.1) is 5.92 Å². The van der Waals surface area contributed by atoms with Crippen LogP contribution in [-0.4, -0.2) is 29.4 Å². The van der Waals surface area contributed by atoms with Crippen LogP contribution >= 0.6 is 0 Å². The van der Waals surface area contributed by atoms with Crippen LogP contribution in [0.4, 0.5) is 0 Å². The first-order chi connectivity index (χ1) is 8.22. The summed E-state index contributed by atoms with van der Waals surface area (Å²) in [7, 11) is 0. The Morgan fingerprint density at radius 3 is 2.76 bits per heavy atom. The van der Waals surface area contributed by atoms with Crippen molar-refractivity contribution in [1.82, 2.24) is 4.90 Å². The predicted octanol–water partition coefficient (Wildman–Crippen LogP) is 2.29. The SMILES string of the molecule is CCCC1CCCCN1C(=O)C1CCC(N)C1. The summed E-state index contributed by atoms with van der Waals surface area (Å²) in [5.74, 6) is 0.624. The molecule has 3 nitrogen and oxygen atoms in total. The van der Waals surface area contributed by atoms with E-state index >= 15 is 0 Å². The van der Waals surface area contributed by atoms with Crippen molar-refractivity contribution in [2.75, 3.05) is 6.54 Å². The van der Waals surface area contributed by atoms with Gasteiger partial charge in [-0.3, -0.25) is 4.79 Å². The molecule has 0 bridgehead atoms. The first kappa shape index (κ1) is 12.9. The quantitative estimate of drug-likeness (QED) is 0.820. The molecule has 2 fully saturated rings. The predicted molar refractivity (Wildman–Crippen MR) is 69.6 cm³/mol. The van der Waals surface area contributed by atoms with Crippen molar-refractivity contribution in [3.05, 3.63) is 0 Å². The van der Waals surface area contributed by atoms with Crippen LogP contribution in [0.2, 0.25) is 0 Å². The van der Waals surface area contributed by atoms with Crippen LogP contribution in [0.3, 0.4) is 0 Å². The van der Waals surface area contributed by atoms with Crippen molar-refractivity contribution in [3.8, 4) is 0 Å². The van der Waals surface area contributed by atoms with Gasteiger partial charge in [0.15, 0.2) is 0 Å². The maximum Gasteiger partial charge on any atom is 0.225 e. The zero-order valence-electron chi connectivity index (χ0n) is 11.0. The molecule has 0 aromatic rings. The second-order valence-electron chi connectivity index (χ2n) is 5.74. The molecule has 1 aliphatic carbocycles. The van der Waals surface area contributed by atoms with Gasteiger partial charge in [0.1, 0.15) is 0 Å². The average molecular weight is 238 g/mol. The van der Waals surface area contributed by atoms with Crippen LogP contribution in [0.5, 0.6) is 0 Å². The largest absolute Gasteiger partial charge is 0.339 e. The van der Waals surface area contributed by atoms with Crippen molar-refractivity contribution in [3.63, 3.8) is 0 Å². The number of hydrogen-bond donors (Lipinski definition) is 1. The smallest absolute Gasteiger partial charge is 0.225 e. The highest BCUT2D eigenvalue weighted by molar-refractivity contribution is 5.79. The van der Waals surface area contributed by atoms with E-state index in [0.29, 0.717) is 11.9 Å². The number of carbonyl (C=O) groups is 1. The minimum atomic E-state index is 0.224. The van der Waals surface area contributed by atoms with E-state index < -0.39 is 0 Å². The Labute approximate surface area is 105 Å². The number of hydrogen-bond acceptors (Lipinski definition) is 2. The molecule has 0 aromatic heterocycles. The molecule has 2 aliphatic rings. The van der Waals surface area contributed by atoms with E-state index in [4.69, 9.17) is 5.73 Å². The molecule has 3 unspecified atom stereocenters. The minimum Gasteiger partial charge on any atom is -0.339 e. The summed E-state index contributed by atoms with van der Waals surface area (Å²) in [6.45, 7) is 3.19. The molecule has 0 spiro atoms. The molecular formula is C14H26N2O. The third-order valence-electron chi connectivity index (χ3n) is 4.35. The van der Waals surface area contributed by atoms with E-state index in [1.807, 2.05) is 0 Å². The molecule has 0 radical (unpaired) electrons. The fourth-order valence-electron chi connectivity index (χ4n) is 3.40. The number of rotatable bonds is 3. The zero-order chi connectivity index (χ0) is 12.3. The molecule has 1 saturated carbocycles. The standard InChI is InChI=1S/C14H26N2O/c1-2-5-13-6-3-4-9-16(13)14(17)11-7-8-12(15)10-11/h11-13H,2-10,15H2,1H3. The molecule has 1 amide bonds. The summed E-state index contributed by atoms with van der Waals surface area (Å²) in [6, 6.07) is 0.774. The minimum absolute atomic E-state index is 0.224. The molecule has 17 heavy (non-hydrogen) atoms. The molecule has 2 rings (SSSR count). The fraction of sp³-hybridized carbons (Fsp3) is 0.929. The Bertz CT molecular complexity index is 265. The molecular weight excluding hydrogens is 212 g/mol. The van der Waals surface area contributed by atoms with Gasteiger partial charge in [0.2, 0.25) is 5.91 Å². The monoisotopic (exact) mass is 238 g/mol. The van der Waals surface area contributed by atoms with Gasteiger partial charge in [-0.25, -0.2) is 0 Å². The van der Waals surface area contributed by atoms with E-state index in [0.717, 1.165) is 25.8 Å². The number of likely N-dealkylation sites (tertiary alicyclic amines) is 1. The zero-order valence-corrected chi connectivity index (χ0v) is 11.0. The lowest BCUT2D eigenvalue weighted by Crippen LogP contribution is -2.46. The fourth-order valence-corrected chi connectivity index (χ4v) is 3.40. The van der Waals surface area contributed by atoms with Crippen LogP contribution in [-0.2, 0) is 4.79 Å². The second-order valence-corrected chi connectivity index (χ2v) is 5.74. The van der Waals surface area contributed by atoms with Crippen LogP contribution in [0.15, 0.2) is 0 Å². The number of amides is 1. The molecule has 2 N–H and O–H groups in total. The number of piperidine rings is 1. The van der Waals surface area contributed by atoms with Gasteiger partial charge in [0.05, 0.1) is 0 Å². The Hall–Kier alpha value is -0.570. The second kappa shape index (κ2) is 5.85. The summed E-state index contributed by atoms with van der Waals surface area (Å²) in [6.07, 6.45) is 8.98.